The van der Waals surface area contributed by atoms with Crippen molar-refractivity contribution in [3.63, 3.8) is 0 Å². The Bertz CT molecular complexity index is 1150. The second-order valence-corrected chi connectivity index (χ2v) is 9.47. The number of hydrogen-bond acceptors (Lipinski definition) is 6. The Kier molecular flexibility index (Phi) is 4.68. The van der Waals surface area contributed by atoms with Crippen LogP contribution in [-0.4, -0.2) is 15.6 Å². The van der Waals surface area contributed by atoms with Crippen molar-refractivity contribution in [3.05, 3.63) is 89.0 Å². The van der Waals surface area contributed by atoms with Crippen molar-refractivity contribution < 1.29 is 9.66 Å². The van der Waals surface area contributed by atoms with Crippen molar-refractivity contribution >= 4 is 54.6 Å². The number of nitrogens with zero attached hydrogens (tertiary/aromatic N) is 3. The van der Waals surface area contributed by atoms with Gasteiger partial charge in [0.2, 0.25) is 6.23 Å². The van der Waals surface area contributed by atoms with Crippen LogP contribution in [0.4, 0.5) is 5.69 Å². The molecule has 0 spiro atoms. The van der Waals surface area contributed by atoms with Crippen LogP contribution in [0.25, 0.3) is 0 Å². The molecule has 2 aliphatic rings. The fraction of sp³-hybridized carbons (Fsp3) is 0.150. The average Bonchev–Trinajstić information content (AvgIpc) is 3.37. The monoisotopic (exact) mass is 533 g/mol. The Morgan fingerprint density at radius 3 is 2.83 bits per heavy atom. The lowest BCUT2D eigenvalue weighted by Gasteiger charge is -2.38. The molecule has 0 fully saturated rings. The second-order valence-electron chi connectivity index (χ2n) is 6.75. The van der Waals surface area contributed by atoms with Crippen molar-refractivity contribution in [3.8, 4) is 5.75 Å². The first-order valence-corrected chi connectivity index (χ1v) is 11.3. The molecule has 0 saturated carbocycles. The Labute approximate surface area is 187 Å². The highest BCUT2D eigenvalue weighted by molar-refractivity contribution is 9.11. The Morgan fingerprint density at radius 2 is 2.07 bits per heavy atom. The molecule has 3 aromatic rings. The van der Waals surface area contributed by atoms with E-state index in [0.29, 0.717) is 5.56 Å². The molecule has 0 bridgehead atoms. The molecule has 0 saturated heterocycles. The van der Waals surface area contributed by atoms with Gasteiger partial charge in [0.15, 0.2) is 0 Å². The van der Waals surface area contributed by atoms with Gasteiger partial charge >= 0.3 is 0 Å². The molecule has 3 heterocycles. The summed E-state index contributed by atoms with van der Waals surface area (Å²) in [7, 11) is 0. The van der Waals surface area contributed by atoms with Crippen LogP contribution in [-0.2, 0) is 0 Å². The molecule has 5 rings (SSSR count). The van der Waals surface area contributed by atoms with Crippen LogP contribution in [0.5, 0.6) is 5.75 Å². The Hall–Kier alpha value is -2.23. The average molecular weight is 535 g/mol. The summed E-state index contributed by atoms with van der Waals surface area (Å²) in [4.78, 5) is 12.0. The molecule has 29 heavy (non-hydrogen) atoms. The third-order valence-corrected chi connectivity index (χ3v) is 6.95. The number of nitro benzene ring substituents is 1. The summed E-state index contributed by atoms with van der Waals surface area (Å²) >= 11 is 8.82. The van der Waals surface area contributed by atoms with Gasteiger partial charge in [-0.25, -0.2) is 5.01 Å². The highest BCUT2D eigenvalue weighted by Crippen LogP contribution is 2.51. The van der Waals surface area contributed by atoms with Crippen molar-refractivity contribution in [2.24, 2.45) is 5.10 Å². The van der Waals surface area contributed by atoms with Gasteiger partial charge in [-0.2, -0.15) is 5.10 Å². The van der Waals surface area contributed by atoms with Gasteiger partial charge in [-0.05, 0) is 39.5 Å². The molecule has 146 valence electrons. The van der Waals surface area contributed by atoms with E-state index in [1.54, 1.807) is 23.5 Å². The molecule has 2 aliphatic heterocycles. The van der Waals surface area contributed by atoms with Gasteiger partial charge in [0.05, 0.1) is 26.0 Å². The molecule has 9 heteroatoms. The number of benzene rings is 2. The van der Waals surface area contributed by atoms with Gasteiger partial charge in [0, 0.05) is 34.2 Å². The number of non-ortho nitro benzene ring substituents is 1. The lowest BCUT2D eigenvalue weighted by molar-refractivity contribution is -0.385. The van der Waals surface area contributed by atoms with Gasteiger partial charge in [-0.15, -0.1) is 11.3 Å². The zero-order chi connectivity index (χ0) is 20.1. The standard InChI is InChI=1S/C20H13Br2N3O3S/c21-12-8-14-17-10-16(18-5-2-6-29-18)23-24(17)20(28-19(14)15(22)9-12)11-3-1-4-13(7-11)25(26)27/h1-9,17,20H,10H2. The molecule has 6 nitrogen and oxygen atoms in total. The van der Waals surface area contributed by atoms with Crippen molar-refractivity contribution in [2.75, 3.05) is 0 Å². The third kappa shape index (κ3) is 3.27. The number of rotatable bonds is 3. The van der Waals surface area contributed by atoms with Crippen LogP contribution in [0.15, 0.2) is 68.0 Å². The van der Waals surface area contributed by atoms with Gasteiger partial charge in [0.25, 0.3) is 5.69 Å². The topological polar surface area (TPSA) is 68.0 Å². The van der Waals surface area contributed by atoms with Gasteiger partial charge in [-0.3, -0.25) is 10.1 Å². The summed E-state index contributed by atoms with van der Waals surface area (Å²) in [5, 5.41) is 20.1. The van der Waals surface area contributed by atoms with Crippen LogP contribution in [0.1, 0.15) is 34.7 Å². The predicted octanol–water partition coefficient (Wildman–Crippen LogP) is 6.42. The maximum absolute atomic E-state index is 11.3. The largest absolute Gasteiger partial charge is 0.463 e. The maximum atomic E-state index is 11.3. The summed E-state index contributed by atoms with van der Waals surface area (Å²) in [5.74, 6) is 0.744. The molecule has 0 amide bonds. The van der Waals surface area contributed by atoms with E-state index in [-0.39, 0.29) is 11.7 Å². The first kappa shape index (κ1) is 18.8. The van der Waals surface area contributed by atoms with Crippen molar-refractivity contribution in [1.82, 2.24) is 5.01 Å². The summed E-state index contributed by atoms with van der Waals surface area (Å²) in [6.45, 7) is 0. The molecular weight excluding hydrogens is 522 g/mol. The molecule has 0 radical (unpaired) electrons. The second kappa shape index (κ2) is 7.23. The highest BCUT2D eigenvalue weighted by Gasteiger charge is 2.42. The first-order chi connectivity index (χ1) is 14.0. The van der Waals surface area contributed by atoms with E-state index in [4.69, 9.17) is 9.84 Å². The zero-order valence-electron chi connectivity index (χ0n) is 14.8. The van der Waals surface area contributed by atoms with E-state index in [1.807, 2.05) is 34.7 Å². The normalized spacial score (nSPS) is 19.9. The molecule has 2 atom stereocenters. The van der Waals surface area contributed by atoms with Gasteiger partial charge < -0.3 is 4.74 Å². The quantitative estimate of drug-likeness (QED) is 0.287. The molecule has 2 unspecified atom stereocenters. The van der Waals surface area contributed by atoms with Gasteiger partial charge in [-0.1, -0.05) is 34.1 Å². The molecular formula is C20H13Br2N3O3S. The third-order valence-electron chi connectivity index (χ3n) is 4.98. The van der Waals surface area contributed by atoms with E-state index in [2.05, 4.69) is 37.9 Å². The lowest BCUT2D eigenvalue weighted by Crippen LogP contribution is -2.34. The van der Waals surface area contributed by atoms with Crippen LogP contribution >= 0.6 is 43.2 Å². The van der Waals surface area contributed by atoms with Crippen LogP contribution in [0.3, 0.4) is 0 Å². The minimum Gasteiger partial charge on any atom is -0.463 e. The number of nitro groups is 1. The molecule has 0 N–H and O–H groups in total. The lowest BCUT2D eigenvalue weighted by atomic mass is 9.97. The smallest absolute Gasteiger partial charge is 0.269 e. The summed E-state index contributed by atoms with van der Waals surface area (Å²) < 4.78 is 8.13. The van der Waals surface area contributed by atoms with E-state index in [0.717, 1.165) is 37.3 Å². The molecule has 0 aliphatic carbocycles. The number of hydrazone groups is 1. The molecule has 2 aromatic carbocycles. The minimum atomic E-state index is -0.553. The van der Waals surface area contributed by atoms with Crippen molar-refractivity contribution in [1.29, 1.82) is 0 Å². The minimum absolute atomic E-state index is 0.0195. The van der Waals surface area contributed by atoms with E-state index in [1.165, 1.54) is 6.07 Å². The number of hydrogen-bond donors (Lipinski definition) is 0. The Balaban J connectivity index is 1.64. The van der Waals surface area contributed by atoms with E-state index < -0.39 is 11.2 Å². The zero-order valence-corrected chi connectivity index (χ0v) is 18.8. The summed E-state index contributed by atoms with van der Waals surface area (Å²) in [6.07, 6.45) is 0.188. The fourth-order valence-electron chi connectivity index (χ4n) is 3.72. The number of ether oxygens (including phenoxy) is 1. The van der Waals surface area contributed by atoms with E-state index >= 15 is 0 Å². The maximum Gasteiger partial charge on any atom is 0.269 e. The van der Waals surface area contributed by atoms with Crippen LogP contribution in [0, 0.1) is 10.1 Å². The van der Waals surface area contributed by atoms with Crippen molar-refractivity contribution in [2.45, 2.75) is 18.7 Å². The SMILES string of the molecule is O=[N+]([O-])c1cccc(C2Oc3c(Br)cc(Br)cc3C3CC(c4cccs4)=NN32)c1. The van der Waals surface area contributed by atoms with Crippen LogP contribution in [0.2, 0.25) is 0 Å². The highest BCUT2D eigenvalue weighted by atomic mass is 79.9. The number of halogens is 2. The fourth-order valence-corrected chi connectivity index (χ4v) is 5.79. The first-order valence-electron chi connectivity index (χ1n) is 8.81. The molecule has 1 aromatic heterocycles. The van der Waals surface area contributed by atoms with E-state index in [9.17, 15) is 10.1 Å². The van der Waals surface area contributed by atoms with Gasteiger partial charge in [0.1, 0.15) is 5.75 Å². The van der Waals surface area contributed by atoms with Crippen LogP contribution < -0.4 is 4.74 Å². The predicted molar refractivity (Wildman–Crippen MR) is 118 cm³/mol. The Morgan fingerprint density at radius 1 is 1.21 bits per heavy atom. The number of thiophene rings is 1. The summed E-state index contributed by atoms with van der Waals surface area (Å²) in [5.41, 5.74) is 2.75. The summed E-state index contributed by atoms with van der Waals surface area (Å²) in [6, 6.07) is 14.6. The number of fused-ring (bicyclic) bond motifs is 3.